The summed E-state index contributed by atoms with van der Waals surface area (Å²) in [6.07, 6.45) is 1.84. The van der Waals surface area contributed by atoms with E-state index in [2.05, 4.69) is 42.2 Å². The molecule has 1 fully saturated rings. The molecule has 1 aliphatic heterocycles. The SMILES string of the molecule is Cc1ccc(-n2cnnc2S[C@H](C)C(=O)N2C[C@H](C)O[C@@H](C)C2)c(C)c1. The van der Waals surface area contributed by atoms with E-state index < -0.39 is 0 Å². The molecule has 0 bridgehead atoms. The summed E-state index contributed by atoms with van der Waals surface area (Å²) in [6, 6.07) is 6.27. The lowest BCUT2D eigenvalue weighted by Crippen LogP contribution is -2.50. The Morgan fingerprint density at radius 3 is 2.62 bits per heavy atom. The number of thioether (sulfide) groups is 1. The van der Waals surface area contributed by atoms with Crippen LogP contribution in [-0.2, 0) is 9.53 Å². The number of carbonyl (C=O) groups is 1. The molecule has 0 aliphatic carbocycles. The predicted molar refractivity (Wildman–Crippen MR) is 103 cm³/mol. The van der Waals surface area contributed by atoms with Crippen LogP contribution in [0.25, 0.3) is 5.69 Å². The molecule has 6 nitrogen and oxygen atoms in total. The van der Waals surface area contributed by atoms with Gasteiger partial charge in [0.05, 0.1) is 23.1 Å². The van der Waals surface area contributed by atoms with E-state index in [1.165, 1.54) is 17.3 Å². The second kappa shape index (κ2) is 7.80. The number of hydrogen-bond acceptors (Lipinski definition) is 5. The molecule has 2 aromatic rings. The lowest BCUT2D eigenvalue weighted by molar-refractivity contribution is -0.142. The highest BCUT2D eigenvalue weighted by Gasteiger charge is 2.30. The third kappa shape index (κ3) is 4.10. The van der Waals surface area contributed by atoms with E-state index in [-0.39, 0.29) is 23.4 Å². The molecule has 0 N–H and O–H groups in total. The van der Waals surface area contributed by atoms with E-state index in [0.717, 1.165) is 16.4 Å². The molecular formula is C19H26N4O2S. The minimum absolute atomic E-state index is 0.0683. The molecule has 26 heavy (non-hydrogen) atoms. The summed E-state index contributed by atoms with van der Waals surface area (Å²) in [5.74, 6) is 0.118. The third-order valence-electron chi connectivity index (χ3n) is 4.49. The summed E-state index contributed by atoms with van der Waals surface area (Å²) in [5, 5.41) is 8.79. The Morgan fingerprint density at radius 1 is 1.27 bits per heavy atom. The molecule has 0 unspecified atom stereocenters. The van der Waals surface area contributed by atoms with Crippen LogP contribution >= 0.6 is 11.8 Å². The van der Waals surface area contributed by atoms with Crippen LogP contribution in [-0.4, -0.2) is 56.1 Å². The summed E-state index contributed by atoms with van der Waals surface area (Å²) < 4.78 is 7.68. The Balaban J connectivity index is 1.75. The van der Waals surface area contributed by atoms with Gasteiger partial charge >= 0.3 is 0 Å². The maximum absolute atomic E-state index is 12.9. The quantitative estimate of drug-likeness (QED) is 0.770. The van der Waals surface area contributed by atoms with Gasteiger partial charge in [-0.2, -0.15) is 0 Å². The number of carbonyl (C=O) groups excluding carboxylic acids is 1. The first-order valence-corrected chi connectivity index (χ1v) is 9.81. The zero-order valence-electron chi connectivity index (χ0n) is 16.0. The van der Waals surface area contributed by atoms with E-state index in [1.807, 2.05) is 30.2 Å². The van der Waals surface area contributed by atoms with Crippen molar-refractivity contribution in [2.75, 3.05) is 13.1 Å². The molecule has 1 saturated heterocycles. The van der Waals surface area contributed by atoms with E-state index in [0.29, 0.717) is 13.1 Å². The van der Waals surface area contributed by atoms with Gasteiger partial charge in [-0.05, 0) is 46.2 Å². The van der Waals surface area contributed by atoms with Crippen LogP contribution in [0.2, 0.25) is 0 Å². The van der Waals surface area contributed by atoms with Crippen LogP contribution < -0.4 is 0 Å². The van der Waals surface area contributed by atoms with Crippen molar-refractivity contribution in [2.45, 2.75) is 57.2 Å². The van der Waals surface area contributed by atoms with Gasteiger partial charge in [-0.15, -0.1) is 10.2 Å². The van der Waals surface area contributed by atoms with Gasteiger partial charge in [0, 0.05) is 13.1 Å². The number of rotatable bonds is 4. The fourth-order valence-electron chi connectivity index (χ4n) is 3.37. The summed E-state index contributed by atoms with van der Waals surface area (Å²) in [4.78, 5) is 14.8. The lowest BCUT2D eigenvalue weighted by Gasteiger charge is -2.36. The second-order valence-corrected chi connectivity index (χ2v) is 8.34. The smallest absolute Gasteiger partial charge is 0.236 e. The molecule has 1 aromatic carbocycles. The molecule has 140 valence electrons. The Kier molecular flexibility index (Phi) is 5.67. The molecule has 0 spiro atoms. The van der Waals surface area contributed by atoms with Gasteiger partial charge in [-0.1, -0.05) is 29.5 Å². The van der Waals surface area contributed by atoms with Crippen molar-refractivity contribution < 1.29 is 9.53 Å². The van der Waals surface area contributed by atoms with Crippen LogP contribution in [0.15, 0.2) is 29.7 Å². The highest BCUT2D eigenvalue weighted by molar-refractivity contribution is 8.00. The fraction of sp³-hybridized carbons (Fsp3) is 0.526. The molecule has 1 aromatic heterocycles. The number of amides is 1. The summed E-state index contributed by atoms with van der Waals surface area (Å²) in [5.41, 5.74) is 3.41. The highest BCUT2D eigenvalue weighted by Crippen LogP contribution is 2.27. The summed E-state index contributed by atoms with van der Waals surface area (Å²) in [7, 11) is 0. The number of aromatic nitrogens is 3. The van der Waals surface area contributed by atoms with Crippen molar-refractivity contribution in [2.24, 2.45) is 0 Å². The fourth-order valence-corrected chi connectivity index (χ4v) is 4.29. The van der Waals surface area contributed by atoms with Gasteiger partial charge in [0.1, 0.15) is 6.33 Å². The maximum Gasteiger partial charge on any atom is 0.236 e. The zero-order valence-corrected chi connectivity index (χ0v) is 16.8. The number of nitrogens with zero attached hydrogens (tertiary/aromatic N) is 4. The zero-order chi connectivity index (χ0) is 18.8. The molecule has 2 heterocycles. The number of morpholine rings is 1. The van der Waals surface area contributed by atoms with Crippen molar-refractivity contribution in [1.29, 1.82) is 0 Å². The second-order valence-electron chi connectivity index (χ2n) is 7.03. The third-order valence-corrected chi connectivity index (χ3v) is 5.53. The summed E-state index contributed by atoms with van der Waals surface area (Å²) >= 11 is 1.45. The largest absolute Gasteiger partial charge is 0.372 e. The first-order valence-electron chi connectivity index (χ1n) is 8.93. The summed E-state index contributed by atoms with van der Waals surface area (Å²) in [6.45, 7) is 11.4. The standard InChI is InChI=1S/C19H26N4O2S/c1-12-6-7-17(13(2)8-12)23-11-20-21-19(23)26-16(5)18(24)22-9-14(3)25-15(4)10-22/h6-8,11,14-16H,9-10H2,1-5H3/t14-,15-,16+/m0/s1. The van der Waals surface area contributed by atoms with Gasteiger partial charge in [0.15, 0.2) is 5.16 Å². The van der Waals surface area contributed by atoms with Crippen LogP contribution in [0.1, 0.15) is 31.9 Å². The minimum atomic E-state index is -0.235. The average Bonchev–Trinajstić information content (AvgIpc) is 3.01. The van der Waals surface area contributed by atoms with E-state index in [9.17, 15) is 4.79 Å². The highest BCUT2D eigenvalue weighted by atomic mass is 32.2. The molecular weight excluding hydrogens is 348 g/mol. The molecule has 1 aliphatic rings. The van der Waals surface area contributed by atoms with Crippen LogP contribution in [0.4, 0.5) is 0 Å². The molecule has 3 atom stereocenters. The van der Waals surface area contributed by atoms with Crippen LogP contribution in [0.5, 0.6) is 0 Å². The van der Waals surface area contributed by atoms with Gasteiger partial charge < -0.3 is 9.64 Å². The Morgan fingerprint density at radius 2 is 1.96 bits per heavy atom. The van der Waals surface area contributed by atoms with Crippen molar-refractivity contribution in [3.8, 4) is 5.69 Å². The van der Waals surface area contributed by atoms with Crippen LogP contribution in [0, 0.1) is 13.8 Å². The van der Waals surface area contributed by atoms with Crippen molar-refractivity contribution in [3.63, 3.8) is 0 Å². The van der Waals surface area contributed by atoms with Gasteiger partial charge in [0.2, 0.25) is 5.91 Å². The molecule has 0 saturated carbocycles. The van der Waals surface area contributed by atoms with E-state index >= 15 is 0 Å². The lowest BCUT2D eigenvalue weighted by atomic mass is 10.1. The molecule has 1 amide bonds. The molecule has 3 rings (SSSR count). The maximum atomic E-state index is 12.9. The Labute approximate surface area is 158 Å². The number of ether oxygens (including phenoxy) is 1. The Bertz CT molecular complexity index is 782. The predicted octanol–water partition coefficient (Wildman–Crippen LogP) is 3.00. The van der Waals surface area contributed by atoms with Crippen LogP contribution in [0.3, 0.4) is 0 Å². The number of benzene rings is 1. The first kappa shape index (κ1) is 18.9. The van der Waals surface area contributed by atoms with Crippen molar-refractivity contribution in [3.05, 3.63) is 35.7 Å². The topological polar surface area (TPSA) is 60.2 Å². The minimum Gasteiger partial charge on any atom is -0.372 e. The van der Waals surface area contributed by atoms with E-state index in [1.54, 1.807) is 6.33 Å². The van der Waals surface area contributed by atoms with Crippen molar-refractivity contribution >= 4 is 17.7 Å². The van der Waals surface area contributed by atoms with Crippen molar-refractivity contribution in [1.82, 2.24) is 19.7 Å². The number of hydrogen-bond donors (Lipinski definition) is 0. The monoisotopic (exact) mass is 374 g/mol. The van der Waals surface area contributed by atoms with Gasteiger partial charge in [-0.3, -0.25) is 9.36 Å². The number of aryl methyl sites for hydroxylation is 2. The van der Waals surface area contributed by atoms with E-state index in [4.69, 9.17) is 4.74 Å². The Hall–Kier alpha value is -1.86. The average molecular weight is 375 g/mol. The van der Waals surface area contributed by atoms with Gasteiger partial charge in [0.25, 0.3) is 0 Å². The van der Waals surface area contributed by atoms with Gasteiger partial charge in [-0.25, -0.2) is 0 Å². The first-order chi connectivity index (χ1) is 12.3. The normalized spacial score (nSPS) is 21.7. The molecule has 0 radical (unpaired) electrons. The molecule has 7 heteroatoms.